The van der Waals surface area contributed by atoms with Gasteiger partial charge < -0.3 is 0 Å². The Morgan fingerprint density at radius 3 is 2.45 bits per heavy atom. The Kier molecular flexibility index (Phi) is 5.73. The molecule has 0 rings (SSSR count). The second-order valence-electron chi connectivity index (χ2n) is 2.45. The van der Waals surface area contributed by atoms with Gasteiger partial charge in [-0.3, -0.25) is 0 Å². The van der Waals surface area contributed by atoms with Gasteiger partial charge in [0.2, 0.25) is 9.05 Å². The fourth-order valence-electron chi connectivity index (χ4n) is 0.725. The van der Waals surface area contributed by atoms with Crippen molar-refractivity contribution in [1.82, 2.24) is 0 Å². The molecule has 0 saturated heterocycles. The predicted molar refractivity (Wildman–Crippen MR) is 51.9 cm³/mol. The smallest absolute Gasteiger partial charge is 0.212 e. The van der Waals surface area contributed by atoms with Gasteiger partial charge in [0.1, 0.15) is 0 Å². The van der Waals surface area contributed by atoms with E-state index in [1.54, 1.807) is 0 Å². The second kappa shape index (κ2) is 5.38. The summed E-state index contributed by atoms with van der Waals surface area (Å²) in [5.74, 6) is 0.0224. The van der Waals surface area contributed by atoms with E-state index in [4.69, 9.17) is 10.7 Å². The standard InChI is InChI=1S/C6H12BrClO2S/c1-2-3-4-6(7)5-11(8,9)10/h6H,2-5H2,1H3. The van der Waals surface area contributed by atoms with Crippen LogP contribution in [0.1, 0.15) is 26.2 Å². The highest BCUT2D eigenvalue weighted by atomic mass is 79.9. The molecule has 0 radical (unpaired) electrons. The summed E-state index contributed by atoms with van der Waals surface area (Å²) in [7, 11) is 1.72. The normalized spacial score (nSPS) is 14.8. The summed E-state index contributed by atoms with van der Waals surface area (Å²) in [6.07, 6.45) is 2.97. The molecule has 0 heterocycles. The quantitative estimate of drug-likeness (QED) is 0.564. The molecule has 68 valence electrons. The van der Waals surface area contributed by atoms with Crippen LogP contribution in [-0.2, 0) is 9.05 Å². The van der Waals surface area contributed by atoms with E-state index < -0.39 is 9.05 Å². The molecule has 0 amide bonds. The van der Waals surface area contributed by atoms with Crippen molar-refractivity contribution in [2.45, 2.75) is 31.0 Å². The molecule has 2 nitrogen and oxygen atoms in total. The maximum absolute atomic E-state index is 10.5. The van der Waals surface area contributed by atoms with Crippen LogP contribution in [0.3, 0.4) is 0 Å². The van der Waals surface area contributed by atoms with E-state index >= 15 is 0 Å². The minimum Gasteiger partial charge on any atom is -0.212 e. The van der Waals surface area contributed by atoms with Crippen LogP contribution in [0.2, 0.25) is 0 Å². The molecule has 0 fully saturated rings. The molecule has 0 aromatic rings. The molecule has 5 heteroatoms. The number of rotatable bonds is 5. The first-order valence-corrected chi connectivity index (χ1v) is 6.91. The van der Waals surface area contributed by atoms with Crippen LogP contribution in [0.15, 0.2) is 0 Å². The molecule has 11 heavy (non-hydrogen) atoms. The van der Waals surface area contributed by atoms with Crippen LogP contribution < -0.4 is 0 Å². The van der Waals surface area contributed by atoms with Crippen LogP contribution >= 0.6 is 26.6 Å². The Hall–Kier alpha value is 0.720. The number of halogens is 2. The molecule has 0 aliphatic rings. The lowest BCUT2D eigenvalue weighted by molar-refractivity contribution is 0.604. The highest BCUT2D eigenvalue weighted by Gasteiger charge is 2.12. The van der Waals surface area contributed by atoms with Gasteiger partial charge in [0.25, 0.3) is 0 Å². The highest BCUT2D eigenvalue weighted by Crippen LogP contribution is 2.13. The fraction of sp³-hybridized carbons (Fsp3) is 1.00. The first-order valence-electron chi connectivity index (χ1n) is 3.52. The lowest BCUT2D eigenvalue weighted by atomic mass is 10.2. The van der Waals surface area contributed by atoms with E-state index in [9.17, 15) is 8.42 Å². The maximum atomic E-state index is 10.5. The minimum atomic E-state index is -3.33. The molecular formula is C6H12BrClO2S. The number of hydrogen-bond acceptors (Lipinski definition) is 2. The molecular weight excluding hydrogens is 251 g/mol. The Morgan fingerprint density at radius 2 is 2.09 bits per heavy atom. The molecule has 1 atom stereocenters. The van der Waals surface area contributed by atoms with Crippen LogP contribution in [0.4, 0.5) is 0 Å². The molecule has 0 bridgehead atoms. The topological polar surface area (TPSA) is 34.1 Å². The zero-order valence-electron chi connectivity index (χ0n) is 6.39. The Bertz CT molecular complexity index is 191. The van der Waals surface area contributed by atoms with E-state index in [0.29, 0.717) is 0 Å². The highest BCUT2D eigenvalue weighted by molar-refractivity contribution is 9.09. The van der Waals surface area contributed by atoms with Gasteiger partial charge in [-0.05, 0) is 6.42 Å². The van der Waals surface area contributed by atoms with Crippen LogP contribution in [0, 0.1) is 0 Å². The monoisotopic (exact) mass is 262 g/mol. The zero-order chi connectivity index (χ0) is 8.91. The maximum Gasteiger partial charge on any atom is 0.233 e. The summed E-state index contributed by atoms with van der Waals surface area (Å²) in [5.41, 5.74) is 0. The molecule has 1 unspecified atom stereocenters. The van der Waals surface area contributed by atoms with Crippen molar-refractivity contribution in [3.8, 4) is 0 Å². The Balaban J connectivity index is 3.61. The summed E-state index contributed by atoms with van der Waals surface area (Å²) in [5, 5.41) is 0. The van der Waals surface area contributed by atoms with Crippen molar-refractivity contribution in [3.05, 3.63) is 0 Å². The third-order valence-corrected chi connectivity index (χ3v) is 3.64. The molecule has 0 spiro atoms. The summed E-state index contributed by atoms with van der Waals surface area (Å²) in [4.78, 5) is 0.00458. The first-order chi connectivity index (χ1) is 4.95. The second-order valence-corrected chi connectivity index (χ2v) is 6.56. The van der Waals surface area contributed by atoms with Crippen molar-refractivity contribution in [2.75, 3.05) is 5.75 Å². The molecule has 0 N–H and O–H groups in total. The van der Waals surface area contributed by atoms with E-state index in [2.05, 4.69) is 22.9 Å². The van der Waals surface area contributed by atoms with E-state index in [1.165, 1.54) is 0 Å². The first kappa shape index (κ1) is 11.7. The van der Waals surface area contributed by atoms with Gasteiger partial charge in [-0.15, -0.1) is 0 Å². The number of unbranched alkanes of at least 4 members (excludes halogenated alkanes) is 1. The number of hydrogen-bond donors (Lipinski definition) is 0. The lowest BCUT2D eigenvalue weighted by Gasteiger charge is -2.04. The Morgan fingerprint density at radius 1 is 1.55 bits per heavy atom. The summed E-state index contributed by atoms with van der Waals surface area (Å²) in [6, 6.07) is 0. The van der Waals surface area contributed by atoms with Gasteiger partial charge in [0.15, 0.2) is 0 Å². The van der Waals surface area contributed by atoms with Crippen molar-refractivity contribution < 1.29 is 8.42 Å². The third kappa shape index (κ3) is 8.63. The molecule has 0 aromatic heterocycles. The van der Waals surface area contributed by atoms with Crippen molar-refractivity contribution in [1.29, 1.82) is 0 Å². The molecule has 0 saturated carbocycles. The van der Waals surface area contributed by atoms with Gasteiger partial charge in [-0.2, -0.15) is 0 Å². The SMILES string of the molecule is CCCCC(Br)CS(=O)(=O)Cl. The van der Waals surface area contributed by atoms with E-state index in [0.717, 1.165) is 19.3 Å². The number of alkyl halides is 1. The molecule has 0 aliphatic heterocycles. The summed E-state index contributed by atoms with van der Waals surface area (Å²) in [6.45, 7) is 2.06. The van der Waals surface area contributed by atoms with Gasteiger partial charge >= 0.3 is 0 Å². The van der Waals surface area contributed by atoms with E-state index in [-0.39, 0.29) is 10.6 Å². The van der Waals surface area contributed by atoms with E-state index in [1.807, 2.05) is 0 Å². The van der Waals surface area contributed by atoms with Crippen LogP contribution in [0.25, 0.3) is 0 Å². The van der Waals surface area contributed by atoms with Crippen molar-refractivity contribution >= 4 is 35.7 Å². The van der Waals surface area contributed by atoms with Crippen molar-refractivity contribution in [3.63, 3.8) is 0 Å². The molecule has 0 aliphatic carbocycles. The zero-order valence-corrected chi connectivity index (χ0v) is 9.54. The summed E-state index contributed by atoms with van der Waals surface area (Å²) >= 11 is 3.25. The van der Waals surface area contributed by atoms with Crippen LogP contribution in [0.5, 0.6) is 0 Å². The minimum absolute atomic E-state index is 0.00458. The Labute approximate surface area is 80.9 Å². The predicted octanol–water partition coefficient (Wildman–Crippen LogP) is 2.51. The van der Waals surface area contributed by atoms with Gasteiger partial charge in [0, 0.05) is 15.5 Å². The van der Waals surface area contributed by atoms with Gasteiger partial charge in [-0.25, -0.2) is 8.42 Å². The van der Waals surface area contributed by atoms with Gasteiger partial charge in [-0.1, -0.05) is 35.7 Å². The van der Waals surface area contributed by atoms with Crippen LogP contribution in [-0.4, -0.2) is 19.0 Å². The largest absolute Gasteiger partial charge is 0.233 e. The summed E-state index contributed by atoms with van der Waals surface area (Å²) < 4.78 is 21.1. The average molecular weight is 264 g/mol. The van der Waals surface area contributed by atoms with Gasteiger partial charge in [0.05, 0.1) is 5.75 Å². The lowest BCUT2D eigenvalue weighted by Crippen LogP contribution is -2.10. The van der Waals surface area contributed by atoms with Crippen molar-refractivity contribution in [2.24, 2.45) is 0 Å². The third-order valence-electron chi connectivity index (χ3n) is 1.25. The average Bonchev–Trinajstić information content (AvgIpc) is 1.79. The fourth-order valence-corrected chi connectivity index (χ4v) is 3.60. The molecule has 0 aromatic carbocycles.